The highest BCUT2D eigenvalue weighted by molar-refractivity contribution is 6.30. The SMILES string of the molecule is Cl.NCC(O)c1cc(Cl)ccc1F. The van der Waals surface area contributed by atoms with E-state index in [9.17, 15) is 9.50 Å². The van der Waals surface area contributed by atoms with Crippen LogP contribution in [0.2, 0.25) is 5.02 Å². The lowest BCUT2D eigenvalue weighted by Crippen LogP contribution is -2.12. The average Bonchev–Trinajstić information content (AvgIpc) is 2.08. The van der Waals surface area contributed by atoms with Crippen LogP contribution >= 0.6 is 24.0 Å². The Bertz CT molecular complexity index is 283. The molecule has 1 unspecified atom stereocenters. The van der Waals surface area contributed by atoms with Crippen molar-refractivity contribution in [2.45, 2.75) is 6.10 Å². The van der Waals surface area contributed by atoms with Crippen LogP contribution in [0.1, 0.15) is 11.7 Å². The topological polar surface area (TPSA) is 46.2 Å². The summed E-state index contributed by atoms with van der Waals surface area (Å²) in [6.07, 6.45) is -0.983. The molecule has 0 aliphatic heterocycles. The number of hydrogen-bond donors (Lipinski definition) is 2. The quantitative estimate of drug-likeness (QED) is 0.808. The Kier molecular flexibility index (Phi) is 5.25. The van der Waals surface area contributed by atoms with Crippen molar-refractivity contribution in [2.75, 3.05) is 6.54 Å². The molecule has 0 radical (unpaired) electrons. The normalized spacial score (nSPS) is 12.0. The predicted octanol–water partition coefficient (Wildman–Crippen LogP) is 1.89. The second kappa shape index (κ2) is 5.40. The minimum atomic E-state index is -0.983. The molecule has 0 saturated heterocycles. The molecule has 0 aliphatic carbocycles. The molecule has 0 aromatic heterocycles. The molecule has 0 bridgehead atoms. The summed E-state index contributed by atoms with van der Waals surface area (Å²) in [5, 5.41) is 9.60. The van der Waals surface area contributed by atoms with Crippen LogP contribution in [0.5, 0.6) is 0 Å². The van der Waals surface area contributed by atoms with Crippen LogP contribution in [0.25, 0.3) is 0 Å². The number of halogens is 3. The summed E-state index contributed by atoms with van der Waals surface area (Å²) < 4.78 is 12.9. The third kappa shape index (κ3) is 3.12. The van der Waals surface area contributed by atoms with Crippen LogP contribution in [0.4, 0.5) is 4.39 Å². The molecule has 0 amide bonds. The van der Waals surface area contributed by atoms with E-state index in [-0.39, 0.29) is 24.5 Å². The van der Waals surface area contributed by atoms with Crippen molar-refractivity contribution in [1.29, 1.82) is 0 Å². The molecule has 1 aromatic rings. The van der Waals surface area contributed by atoms with Crippen LogP contribution in [-0.2, 0) is 0 Å². The Morgan fingerprint density at radius 1 is 1.54 bits per heavy atom. The number of hydrogen-bond acceptors (Lipinski definition) is 2. The van der Waals surface area contributed by atoms with Gasteiger partial charge in [0.2, 0.25) is 0 Å². The summed E-state index contributed by atoms with van der Waals surface area (Å²) in [5.41, 5.74) is 5.31. The maximum Gasteiger partial charge on any atom is 0.129 e. The molecule has 13 heavy (non-hydrogen) atoms. The zero-order chi connectivity index (χ0) is 9.14. The first-order valence-corrected chi connectivity index (χ1v) is 3.86. The molecular formula is C8H10Cl2FNO. The van der Waals surface area contributed by atoms with Crippen LogP contribution < -0.4 is 5.73 Å². The highest BCUT2D eigenvalue weighted by Gasteiger charge is 2.10. The Morgan fingerprint density at radius 2 is 2.15 bits per heavy atom. The van der Waals surface area contributed by atoms with Crippen LogP contribution in [0.3, 0.4) is 0 Å². The molecule has 1 atom stereocenters. The van der Waals surface area contributed by atoms with Gasteiger partial charge in [0.1, 0.15) is 5.82 Å². The van der Waals surface area contributed by atoms with Crippen molar-refractivity contribution >= 4 is 24.0 Å². The first-order valence-electron chi connectivity index (χ1n) is 3.48. The molecule has 0 saturated carbocycles. The molecule has 1 aromatic carbocycles. The zero-order valence-electron chi connectivity index (χ0n) is 6.71. The number of benzene rings is 1. The van der Waals surface area contributed by atoms with E-state index in [2.05, 4.69) is 0 Å². The van der Waals surface area contributed by atoms with Crippen LogP contribution in [0, 0.1) is 5.82 Å². The first kappa shape index (κ1) is 12.7. The third-order valence-corrected chi connectivity index (χ3v) is 1.78. The van der Waals surface area contributed by atoms with E-state index in [0.29, 0.717) is 5.02 Å². The minimum Gasteiger partial charge on any atom is -0.387 e. The van der Waals surface area contributed by atoms with Gasteiger partial charge in [-0.2, -0.15) is 0 Å². The summed E-state index contributed by atoms with van der Waals surface area (Å²) in [6.45, 7) is -0.0166. The van der Waals surface area contributed by atoms with Gasteiger partial charge in [0, 0.05) is 17.1 Å². The fourth-order valence-electron chi connectivity index (χ4n) is 0.897. The van der Waals surface area contributed by atoms with E-state index < -0.39 is 11.9 Å². The van der Waals surface area contributed by atoms with Gasteiger partial charge in [0.25, 0.3) is 0 Å². The van der Waals surface area contributed by atoms with Gasteiger partial charge in [0.15, 0.2) is 0 Å². The average molecular weight is 226 g/mol. The molecule has 0 fully saturated rings. The van der Waals surface area contributed by atoms with Crippen LogP contribution in [-0.4, -0.2) is 11.7 Å². The van der Waals surface area contributed by atoms with E-state index >= 15 is 0 Å². The number of aliphatic hydroxyl groups is 1. The number of aliphatic hydroxyl groups excluding tert-OH is 1. The van der Waals surface area contributed by atoms with Crippen molar-refractivity contribution in [3.05, 3.63) is 34.6 Å². The second-order valence-electron chi connectivity index (χ2n) is 2.42. The lowest BCUT2D eigenvalue weighted by Gasteiger charge is -2.08. The van der Waals surface area contributed by atoms with E-state index in [1.165, 1.54) is 18.2 Å². The monoisotopic (exact) mass is 225 g/mol. The van der Waals surface area contributed by atoms with Crippen molar-refractivity contribution in [3.63, 3.8) is 0 Å². The minimum absolute atomic E-state index is 0. The fraction of sp³-hybridized carbons (Fsp3) is 0.250. The molecule has 0 spiro atoms. The summed E-state index contributed by atoms with van der Waals surface area (Å²) in [6, 6.07) is 3.99. The Morgan fingerprint density at radius 3 is 2.69 bits per heavy atom. The van der Waals surface area contributed by atoms with Gasteiger partial charge in [-0.15, -0.1) is 12.4 Å². The lowest BCUT2D eigenvalue weighted by atomic mass is 10.1. The van der Waals surface area contributed by atoms with E-state index in [0.717, 1.165) is 0 Å². The highest BCUT2D eigenvalue weighted by atomic mass is 35.5. The maximum atomic E-state index is 12.9. The summed E-state index contributed by atoms with van der Waals surface area (Å²) in [5.74, 6) is -0.489. The summed E-state index contributed by atoms with van der Waals surface area (Å²) >= 11 is 5.60. The van der Waals surface area contributed by atoms with E-state index in [4.69, 9.17) is 17.3 Å². The molecular weight excluding hydrogens is 216 g/mol. The Balaban J connectivity index is 0.00000144. The van der Waals surface area contributed by atoms with Crippen molar-refractivity contribution in [3.8, 4) is 0 Å². The highest BCUT2D eigenvalue weighted by Crippen LogP contribution is 2.20. The van der Waals surface area contributed by atoms with Gasteiger partial charge in [-0.1, -0.05) is 11.6 Å². The molecule has 1 rings (SSSR count). The van der Waals surface area contributed by atoms with E-state index in [1.807, 2.05) is 0 Å². The summed E-state index contributed by atoms with van der Waals surface area (Å²) in [7, 11) is 0. The fourth-order valence-corrected chi connectivity index (χ4v) is 1.08. The Hall–Kier alpha value is -0.350. The van der Waals surface area contributed by atoms with E-state index in [1.54, 1.807) is 0 Å². The third-order valence-electron chi connectivity index (χ3n) is 1.54. The number of nitrogens with two attached hydrogens (primary N) is 1. The predicted molar refractivity (Wildman–Crippen MR) is 52.7 cm³/mol. The molecule has 0 aliphatic rings. The molecule has 3 N–H and O–H groups in total. The van der Waals surface area contributed by atoms with Crippen molar-refractivity contribution in [2.24, 2.45) is 5.73 Å². The molecule has 2 nitrogen and oxygen atoms in total. The van der Waals surface area contributed by atoms with Gasteiger partial charge < -0.3 is 10.8 Å². The summed E-state index contributed by atoms with van der Waals surface area (Å²) in [4.78, 5) is 0. The lowest BCUT2D eigenvalue weighted by molar-refractivity contribution is 0.182. The zero-order valence-corrected chi connectivity index (χ0v) is 8.28. The molecule has 0 heterocycles. The molecule has 74 valence electrons. The number of rotatable bonds is 2. The molecule has 5 heteroatoms. The van der Waals surface area contributed by atoms with Crippen molar-refractivity contribution in [1.82, 2.24) is 0 Å². The first-order chi connectivity index (χ1) is 5.65. The standard InChI is InChI=1S/C8H9ClFNO.ClH/c9-5-1-2-7(10)6(3-5)8(12)4-11;/h1-3,8,12H,4,11H2;1H. The maximum absolute atomic E-state index is 12.9. The van der Waals surface area contributed by atoms with Gasteiger partial charge in [-0.05, 0) is 18.2 Å². The van der Waals surface area contributed by atoms with Gasteiger partial charge in [-0.3, -0.25) is 0 Å². The van der Waals surface area contributed by atoms with Crippen molar-refractivity contribution < 1.29 is 9.50 Å². The van der Waals surface area contributed by atoms with Crippen LogP contribution in [0.15, 0.2) is 18.2 Å². The van der Waals surface area contributed by atoms with Gasteiger partial charge in [-0.25, -0.2) is 4.39 Å². The largest absolute Gasteiger partial charge is 0.387 e. The second-order valence-corrected chi connectivity index (χ2v) is 2.85. The Labute approximate surface area is 86.9 Å². The smallest absolute Gasteiger partial charge is 0.129 e. The van der Waals surface area contributed by atoms with Gasteiger partial charge >= 0.3 is 0 Å². The van der Waals surface area contributed by atoms with Gasteiger partial charge in [0.05, 0.1) is 6.10 Å².